The number of phenolic OH excluding ortho intramolecular Hbond substituents is 2. The van der Waals surface area contributed by atoms with E-state index in [9.17, 15) is 15.0 Å². The first kappa shape index (κ1) is 26.0. The second kappa shape index (κ2) is 7.93. The lowest BCUT2D eigenvalue weighted by Crippen LogP contribution is -2.28. The first-order valence-corrected chi connectivity index (χ1v) is 11.5. The molecule has 0 aliphatic carbocycles. The zero-order valence-corrected chi connectivity index (χ0v) is 22.1. The van der Waals surface area contributed by atoms with E-state index in [1.54, 1.807) is 24.3 Å². The van der Waals surface area contributed by atoms with E-state index < -0.39 is 0 Å². The molecule has 3 nitrogen and oxygen atoms in total. The van der Waals surface area contributed by atoms with Gasteiger partial charge in [0, 0.05) is 22.3 Å². The van der Waals surface area contributed by atoms with Crippen LogP contribution in [0.5, 0.6) is 11.5 Å². The van der Waals surface area contributed by atoms with Crippen LogP contribution in [0.25, 0.3) is 0 Å². The van der Waals surface area contributed by atoms with Gasteiger partial charge >= 0.3 is 0 Å². The third-order valence-electron chi connectivity index (χ3n) is 5.86. The fourth-order valence-corrected chi connectivity index (χ4v) is 4.78. The molecule has 2 aromatic carbocycles. The molecule has 0 aromatic heterocycles. The molecule has 32 heavy (non-hydrogen) atoms. The van der Waals surface area contributed by atoms with Gasteiger partial charge in [-0.15, -0.1) is 0 Å². The highest BCUT2D eigenvalue weighted by molar-refractivity contribution is 6.12. The standard InChI is InChI=1S/C29H42O3/c1-26(2,3)21-17(13-15-19(30)23(21)28(7,8)9)25(32)18-14-16-20(31)24(29(10,11)12)22(18)27(4,5)6/h13-16,30-31H,1-12H3. The molecule has 2 N–H and O–H groups in total. The predicted molar refractivity (Wildman–Crippen MR) is 134 cm³/mol. The summed E-state index contributed by atoms with van der Waals surface area (Å²) in [6.07, 6.45) is 0. The molecule has 0 atom stereocenters. The topological polar surface area (TPSA) is 57.5 Å². The van der Waals surface area contributed by atoms with Gasteiger partial charge in [0.15, 0.2) is 5.78 Å². The van der Waals surface area contributed by atoms with Gasteiger partial charge in [-0.05, 0) is 57.1 Å². The first-order chi connectivity index (χ1) is 14.2. The van der Waals surface area contributed by atoms with Crippen LogP contribution < -0.4 is 0 Å². The predicted octanol–water partition coefficient (Wildman–Crippen LogP) is 7.52. The fraction of sp³-hybridized carbons (Fsp3) is 0.552. The minimum absolute atomic E-state index is 0.0733. The molecule has 0 radical (unpaired) electrons. The van der Waals surface area contributed by atoms with Crippen molar-refractivity contribution in [2.24, 2.45) is 0 Å². The number of rotatable bonds is 2. The second-order valence-corrected chi connectivity index (χ2v) is 13.1. The van der Waals surface area contributed by atoms with E-state index in [1.807, 2.05) is 0 Å². The number of benzene rings is 2. The minimum Gasteiger partial charge on any atom is -0.508 e. The smallest absolute Gasteiger partial charge is 0.193 e. The molecule has 0 saturated heterocycles. The van der Waals surface area contributed by atoms with Crippen molar-refractivity contribution in [3.05, 3.63) is 57.6 Å². The minimum atomic E-state index is -0.349. The summed E-state index contributed by atoms with van der Waals surface area (Å²) in [5.74, 6) is 0.364. The number of phenols is 2. The Bertz CT molecular complexity index is 947. The van der Waals surface area contributed by atoms with Crippen LogP contribution >= 0.6 is 0 Å². The van der Waals surface area contributed by atoms with Crippen LogP contribution in [0.15, 0.2) is 24.3 Å². The largest absolute Gasteiger partial charge is 0.508 e. The Balaban J connectivity index is 3.01. The van der Waals surface area contributed by atoms with E-state index in [0.29, 0.717) is 11.1 Å². The third-order valence-corrected chi connectivity index (χ3v) is 5.86. The van der Waals surface area contributed by atoms with Crippen LogP contribution in [-0.4, -0.2) is 16.0 Å². The van der Waals surface area contributed by atoms with E-state index >= 15 is 0 Å². The number of hydrogen-bond acceptors (Lipinski definition) is 3. The van der Waals surface area contributed by atoms with Crippen LogP contribution in [0, 0.1) is 0 Å². The summed E-state index contributed by atoms with van der Waals surface area (Å²) in [6, 6.07) is 6.79. The molecule has 3 heteroatoms. The molecule has 2 aromatic rings. The lowest BCUT2D eigenvalue weighted by molar-refractivity contribution is 0.103. The number of carbonyl (C=O) groups is 1. The van der Waals surface area contributed by atoms with E-state index in [4.69, 9.17) is 0 Å². The second-order valence-electron chi connectivity index (χ2n) is 13.1. The average molecular weight is 439 g/mol. The molecule has 0 saturated carbocycles. The highest BCUT2D eigenvalue weighted by Crippen LogP contribution is 2.45. The van der Waals surface area contributed by atoms with Crippen LogP contribution in [-0.2, 0) is 21.7 Å². The molecule has 0 spiro atoms. The number of ketones is 1. The number of carbonyl (C=O) groups excluding carboxylic acids is 1. The van der Waals surface area contributed by atoms with Crippen molar-refractivity contribution in [1.29, 1.82) is 0 Å². The van der Waals surface area contributed by atoms with Gasteiger partial charge in [0.25, 0.3) is 0 Å². The van der Waals surface area contributed by atoms with Gasteiger partial charge in [-0.2, -0.15) is 0 Å². The van der Waals surface area contributed by atoms with Gasteiger partial charge < -0.3 is 10.2 Å². The summed E-state index contributed by atoms with van der Waals surface area (Å²) in [6.45, 7) is 24.8. The molecule has 0 aliphatic rings. The lowest BCUT2D eigenvalue weighted by atomic mass is 9.69. The molecule has 0 bridgehead atoms. The fourth-order valence-electron chi connectivity index (χ4n) is 4.78. The van der Waals surface area contributed by atoms with Crippen molar-refractivity contribution in [3.63, 3.8) is 0 Å². The highest BCUT2D eigenvalue weighted by Gasteiger charge is 2.36. The highest BCUT2D eigenvalue weighted by atomic mass is 16.3. The van der Waals surface area contributed by atoms with E-state index in [2.05, 4.69) is 83.1 Å². The van der Waals surface area contributed by atoms with Gasteiger partial charge in [-0.25, -0.2) is 0 Å². The molecule has 0 heterocycles. The maximum absolute atomic E-state index is 14.2. The van der Waals surface area contributed by atoms with Crippen LogP contribution in [0.3, 0.4) is 0 Å². The summed E-state index contributed by atoms with van der Waals surface area (Å²) >= 11 is 0. The van der Waals surface area contributed by atoms with Crippen LogP contribution in [0.4, 0.5) is 0 Å². The molecule has 2 rings (SSSR count). The SMILES string of the molecule is CC(C)(C)c1c(O)ccc(C(=O)c2ccc(O)c(C(C)(C)C)c2C(C)(C)C)c1C(C)(C)C. The maximum atomic E-state index is 14.2. The normalized spacial score (nSPS) is 13.4. The molecule has 176 valence electrons. The van der Waals surface area contributed by atoms with Gasteiger partial charge in [0.2, 0.25) is 0 Å². The van der Waals surface area contributed by atoms with E-state index in [0.717, 1.165) is 22.3 Å². The van der Waals surface area contributed by atoms with Gasteiger partial charge in [0.05, 0.1) is 0 Å². The Hall–Kier alpha value is -2.29. The Morgan fingerprint density at radius 3 is 0.969 bits per heavy atom. The summed E-state index contributed by atoms with van der Waals surface area (Å²) in [5, 5.41) is 21.6. The van der Waals surface area contributed by atoms with Gasteiger partial charge in [-0.1, -0.05) is 83.1 Å². The average Bonchev–Trinajstić information content (AvgIpc) is 2.56. The summed E-state index contributed by atoms with van der Waals surface area (Å²) < 4.78 is 0. The van der Waals surface area contributed by atoms with Crippen molar-refractivity contribution in [2.75, 3.05) is 0 Å². The summed E-state index contributed by atoms with van der Waals surface area (Å²) in [5.41, 5.74) is 3.22. The van der Waals surface area contributed by atoms with Crippen molar-refractivity contribution >= 4 is 5.78 Å². The molecule has 0 aliphatic heterocycles. The maximum Gasteiger partial charge on any atom is 0.193 e. The Morgan fingerprint density at radius 2 is 0.750 bits per heavy atom. The molecular formula is C29H42O3. The van der Waals surface area contributed by atoms with Gasteiger partial charge in [-0.3, -0.25) is 4.79 Å². The van der Waals surface area contributed by atoms with E-state index in [-0.39, 0.29) is 38.9 Å². The van der Waals surface area contributed by atoms with Crippen molar-refractivity contribution in [1.82, 2.24) is 0 Å². The van der Waals surface area contributed by atoms with Crippen LogP contribution in [0.2, 0.25) is 0 Å². The Kier molecular flexibility index (Phi) is 6.44. The zero-order chi connectivity index (χ0) is 25.0. The molecule has 0 amide bonds. The third kappa shape index (κ3) is 4.87. The molecule has 0 fully saturated rings. The monoisotopic (exact) mass is 438 g/mol. The van der Waals surface area contributed by atoms with Crippen molar-refractivity contribution < 1.29 is 15.0 Å². The quantitative estimate of drug-likeness (QED) is 0.477. The van der Waals surface area contributed by atoms with E-state index in [1.165, 1.54) is 0 Å². The number of aromatic hydroxyl groups is 2. The van der Waals surface area contributed by atoms with Gasteiger partial charge in [0.1, 0.15) is 11.5 Å². The Labute approximate surface area is 194 Å². The summed E-state index contributed by atoms with van der Waals surface area (Å²) in [4.78, 5) is 14.2. The Morgan fingerprint density at radius 1 is 0.500 bits per heavy atom. The first-order valence-electron chi connectivity index (χ1n) is 11.5. The van der Waals surface area contributed by atoms with Crippen molar-refractivity contribution in [2.45, 2.75) is 105 Å². The van der Waals surface area contributed by atoms with Crippen LogP contribution in [0.1, 0.15) is 121 Å². The molecular weight excluding hydrogens is 396 g/mol. The van der Waals surface area contributed by atoms with Crippen molar-refractivity contribution in [3.8, 4) is 11.5 Å². The zero-order valence-electron chi connectivity index (χ0n) is 22.1. The lowest BCUT2D eigenvalue weighted by Gasteiger charge is -2.34. The molecule has 0 unspecified atom stereocenters. The number of hydrogen-bond donors (Lipinski definition) is 2. The summed E-state index contributed by atoms with van der Waals surface area (Å²) in [7, 11) is 0.